The van der Waals surface area contributed by atoms with Crippen LogP contribution in [0.4, 0.5) is 5.69 Å². The number of nitrogens with zero attached hydrogens (tertiary/aromatic N) is 1. The Morgan fingerprint density at radius 2 is 1.96 bits per heavy atom. The molecule has 1 aromatic rings. The van der Waals surface area contributed by atoms with Gasteiger partial charge in [0.05, 0.1) is 25.0 Å². The molecule has 3 rings (SSSR count). The highest BCUT2D eigenvalue weighted by Crippen LogP contribution is 2.39. The van der Waals surface area contributed by atoms with Crippen LogP contribution in [0.25, 0.3) is 0 Å². The Hall–Kier alpha value is -1.44. The van der Waals surface area contributed by atoms with Crippen molar-refractivity contribution in [3.05, 3.63) is 28.7 Å². The van der Waals surface area contributed by atoms with Gasteiger partial charge in [0.15, 0.2) is 0 Å². The minimum absolute atomic E-state index is 0.0161. The standard InChI is InChI=1S/C17H22BrN3O3/c18-12-2-1-3-13(10-12)20-17(23)15-11-14(15)16(22)19-4-5-21-6-8-24-9-7-21/h1-3,10,14-15H,4-9,11H2,(H,19,22)(H,20,23). The number of carbonyl (C=O) groups is 2. The number of rotatable bonds is 6. The van der Waals surface area contributed by atoms with Gasteiger partial charge in [0.2, 0.25) is 11.8 Å². The molecule has 2 amide bonds. The number of amides is 2. The van der Waals surface area contributed by atoms with Gasteiger partial charge in [-0.25, -0.2) is 0 Å². The molecular weight excluding hydrogens is 374 g/mol. The first-order valence-corrected chi connectivity index (χ1v) is 9.07. The molecule has 1 saturated heterocycles. The van der Waals surface area contributed by atoms with Crippen molar-refractivity contribution in [3.8, 4) is 0 Å². The molecule has 2 atom stereocenters. The second kappa shape index (κ2) is 8.09. The summed E-state index contributed by atoms with van der Waals surface area (Å²) in [5, 5.41) is 5.81. The van der Waals surface area contributed by atoms with Crippen LogP contribution in [0, 0.1) is 11.8 Å². The maximum absolute atomic E-state index is 12.2. The highest BCUT2D eigenvalue weighted by Gasteiger charge is 2.47. The molecule has 0 aromatic heterocycles. The molecule has 2 N–H and O–H groups in total. The summed E-state index contributed by atoms with van der Waals surface area (Å²) in [5.41, 5.74) is 0.743. The fourth-order valence-electron chi connectivity index (χ4n) is 2.87. The van der Waals surface area contributed by atoms with Gasteiger partial charge < -0.3 is 15.4 Å². The number of morpholine rings is 1. The lowest BCUT2D eigenvalue weighted by molar-refractivity contribution is -0.125. The van der Waals surface area contributed by atoms with E-state index in [0.29, 0.717) is 13.0 Å². The first kappa shape index (κ1) is 17.4. The minimum atomic E-state index is -0.215. The molecule has 2 aliphatic rings. The predicted molar refractivity (Wildman–Crippen MR) is 94.6 cm³/mol. The van der Waals surface area contributed by atoms with Crippen LogP contribution in [0.5, 0.6) is 0 Å². The molecule has 7 heteroatoms. The van der Waals surface area contributed by atoms with Gasteiger partial charge in [0.25, 0.3) is 0 Å². The Morgan fingerprint density at radius 3 is 2.71 bits per heavy atom. The Balaban J connectivity index is 1.37. The van der Waals surface area contributed by atoms with E-state index in [1.165, 1.54) is 0 Å². The van der Waals surface area contributed by atoms with Gasteiger partial charge in [0, 0.05) is 36.3 Å². The summed E-state index contributed by atoms with van der Waals surface area (Å²) in [6.07, 6.45) is 0.628. The highest BCUT2D eigenvalue weighted by molar-refractivity contribution is 9.10. The number of hydrogen-bond acceptors (Lipinski definition) is 4. The largest absolute Gasteiger partial charge is 0.379 e. The molecule has 130 valence electrons. The van der Waals surface area contributed by atoms with E-state index in [4.69, 9.17) is 4.74 Å². The number of hydrogen-bond donors (Lipinski definition) is 2. The molecule has 24 heavy (non-hydrogen) atoms. The monoisotopic (exact) mass is 395 g/mol. The quantitative estimate of drug-likeness (QED) is 0.764. The van der Waals surface area contributed by atoms with Crippen LogP contribution in [0.1, 0.15) is 6.42 Å². The van der Waals surface area contributed by atoms with Crippen molar-refractivity contribution >= 4 is 33.4 Å². The second-order valence-corrected chi connectivity index (χ2v) is 7.11. The van der Waals surface area contributed by atoms with Crippen LogP contribution >= 0.6 is 15.9 Å². The molecule has 6 nitrogen and oxygen atoms in total. The van der Waals surface area contributed by atoms with Crippen LogP contribution in [0.15, 0.2) is 28.7 Å². The van der Waals surface area contributed by atoms with E-state index < -0.39 is 0 Å². The zero-order valence-corrected chi connectivity index (χ0v) is 15.0. The summed E-state index contributed by atoms with van der Waals surface area (Å²) in [6, 6.07) is 7.44. The Morgan fingerprint density at radius 1 is 1.21 bits per heavy atom. The molecule has 1 saturated carbocycles. The molecule has 1 aliphatic carbocycles. The smallest absolute Gasteiger partial charge is 0.228 e. The topological polar surface area (TPSA) is 70.7 Å². The normalized spacial score (nSPS) is 23.5. The maximum Gasteiger partial charge on any atom is 0.228 e. The van der Waals surface area contributed by atoms with Crippen molar-refractivity contribution < 1.29 is 14.3 Å². The van der Waals surface area contributed by atoms with E-state index in [-0.39, 0.29) is 23.7 Å². The number of carbonyl (C=O) groups excluding carboxylic acids is 2. The fourth-order valence-corrected chi connectivity index (χ4v) is 3.27. The average Bonchev–Trinajstić information content (AvgIpc) is 3.37. The Labute approximate surface area is 150 Å². The lowest BCUT2D eigenvalue weighted by Gasteiger charge is -2.26. The first-order valence-electron chi connectivity index (χ1n) is 8.28. The van der Waals surface area contributed by atoms with E-state index in [1.54, 1.807) is 0 Å². The van der Waals surface area contributed by atoms with Gasteiger partial charge in [-0.05, 0) is 24.6 Å². The second-order valence-electron chi connectivity index (χ2n) is 6.19. The summed E-state index contributed by atoms with van der Waals surface area (Å²) in [7, 11) is 0. The molecule has 0 bridgehead atoms. The van der Waals surface area contributed by atoms with Crippen LogP contribution in [0.2, 0.25) is 0 Å². The number of benzene rings is 1. The number of nitrogens with one attached hydrogen (secondary N) is 2. The lowest BCUT2D eigenvalue weighted by atomic mass is 10.2. The average molecular weight is 396 g/mol. The zero-order valence-electron chi connectivity index (χ0n) is 13.5. The number of halogens is 1. The molecule has 1 aliphatic heterocycles. The SMILES string of the molecule is O=C(NCCN1CCOCC1)C1CC1C(=O)Nc1cccc(Br)c1. The predicted octanol–water partition coefficient (Wildman–Crippen LogP) is 1.47. The van der Waals surface area contributed by atoms with Crippen molar-refractivity contribution in [3.63, 3.8) is 0 Å². The van der Waals surface area contributed by atoms with Crippen molar-refractivity contribution in [2.75, 3.05) is 44.7 Å². The summed E-state index contributed by atoms with van der Waals surface area (Å²) in [6.45, 7) is 4.79. The van der Waals surface area contributed by atoms with Crippen molar-refractivity contribution in [2.24, 2.45) is 11.8 Å². The Bertz CT molecular complexity index is 604. The van der Waals surface area contributed by atoms with Gasteiger partial charge >= 0.3 is 0 Å². The van der Waals surface area contributed by atoms with E-state index in [9.17, 15) is 9.59 Å². The number of anilines is 1. The van der Waals surface area contributed by atoms with Crippen molar-refractivity contribution in [2.45, 2.75) is 6.42 Å². The van der Waals surface area contributed by atoms with E-state index in [1.807, 2.05) is 24.3 Å². The summed E-state index contributed by atoms with van der Waals surface area (Å²) < 4.78 is 6.21. The van der Waals surface area contributed by atoms with Gasteiger partial charge in [-0.1, -0.05) is 22.0 Å². The molecular formula is C17H22BrN3O3. The number of ether oxygens (including phenoxy) is 1. The Kier molecular flexibility index (Phi) is 5.86. The third-order valence-corrected chi connectivity index (χ3v) is 4.88. The molecule has 0 spiro atoms. The van der Waals surface area contributed by atoms with Crippen LogP contribution in [0.3, 0.4) is 0 Å². The molecule has 2 fully saturated rings. The fraction of sp³-hybridized carbons (Fsp3) is 0.529. The summed E-state index contributed by atoms with van der Waals surface area (Å²) in [5.74, 6) is -0.506. The van der Waals surface area contributed by atoms with Gasteiger partial charge in [-0.3, -0.25) is 14.5 Å². The molecule has 0 radical (unpaired) electrons. The van der Waals surface area contributed by atoms with Crippen LogP contribution < -0.4 is 10.6 Å². The third kappa shape index (κ3) is 4.78. The summed E-state index contributed by atoms with van der Waals surface area (Å²) >= 11 is 3.37. The van der Waals surface area contributed by atoms with Crippen LogP contribution in [-0.4, -0.2) is 56.1 Å². The van der Waals surface area contributed by atoms with Crippen molar-refractivity contribution in [1.29, 1.82) is 0 Å². The van der Waals surface area contributed by atoms with E-state index >= 15 is 0 Å². The summed E-state index contributed by atoms with van der Waals surface area (Å²) in [4.78, 5) is 26.6. The minimum Gasteiger partial charge on any atom is -0.379 e. The van der Waals surface area contributed by atoms with Crippen LogP contribution in [-0.2, 0) is 14.3 Å². The molecule has 1 heterocycles. The van der Waals surface area contributed by atoms with Gasteiger partial charge in [-0.2, -0.15) is 0 Å². The van der Waals surface area contributed by atoms with E-state index in [0.717, 1.165) is 43.0 Å². The van der Waals surface area contributed by atoms with E-state index in [2.05, 4.69) is 31.5 Å². The highest BCUT2D eigenvalue weighted by atomic mass is 79.9. The third-order valence-electron chi connectivity index (χ3n) is 4.39. The lowest BCUT2D eigenvalue weighted by Crippen LogP contribution is -2.41. The zero-order chi connectivity index (χ0) is 16.9. The van der Waals surface area contributed by atoms with Crippen molar-refractivity contribution in [1.82, 2.24) is 10.2 Å². The van der Waals surface area contributed by atoms with Gasteiger partial charge in [0.1, 0.15) is 0 Å². The maximum atomic E-state index is 12.2. The molecule has 1 aromatic carbocycles. The van der Waals surface area contributed by atoms with Gasteiger partial charge in [-0.15, -0.1) is 0 Å². The molecule has 2 unspecified atom stereocenters. The first-order chi connectivity index (χ1) is 11.6.